The van der Waals surface area contributed by atoms with E-state index in [9.17, 15) is 4.79 Å². The van der Waals surface area contributed by atoms with Crippen LogP contribution in [0.1, 0.15) is 130 Å². The van der Waals surface area contributed by atoms with Crippen LogP contribution < -0.4 is 0 Å². The highest BCUT2D eigenvalue weighted by atomic mass is 16.5. The number of nitrogens with zero attached hydrogens (tertiary/aromatic N) is 1. The van der Waals surface area contributed by atoms with Crippen LogP contribution in [-0.2, 0) is 9.53 Å². The summed E-state index contributed by atoms with van der Waals surface area (Å²) in [4.78, 5) is 14.5. The van der Waals surface area contributed by atoms with Gasteiger partial charge in [0.2, 0.25) is 5.91 Å². The number of likely N-dealkylation sites (tertiary alicyclic amines) is 1. The first-order chi connectivity index (χ1) is 15.9. The van der Waals surface area contributed by atoms with Crippen LogP contribution in [0, 0.1) is 28.6 Å². The monoisotopic (exact) mass is 459 g/mol. The first-order valence-corrected chi connectivity index (χ1v) is 14.8. The molecule has 4 aliphatic rings. The van der Waals surface area contributed by atoms with E-state index in [1.54, 1.807) is 0 Å². The predicted octanol–water partition coefficient (Wildman–Crippen LogP) is 7.77. The maximum absolute atomic E-state index is 12.4. The third-order valence-corrected chi connectivity index (χ3v) is 11.0. The molecule has 0 spiro atoms. The van der Waals surface area contributed by atoms with E-state index < -0.39 is 0 Å². The number of carbonyl (C=O) groups excluding carboxylic acids is 1. The van der Waals surface area contributed by atoms with Crippen molar-refractivity contribution in [3.63, 3.8) is 0 Å². The maximum atomic E-state index is 12.4. The van der Waals surface area contributed by atoms with Crippen LogP contribution in [0.4, 0.5) is 0 Å². The van der Waals surface area contributed by atoms with E-state index in [0.29, 0.717) is 28.9 Å². The third kappa shape index (κ3) is 5.05. The summed E-state index contributed by atoms with van der Waals surface area (Å²) >= 11 is 0. The van der Waals surface area contributed by atoms with Gasteiger partial charge in [0.05, 0.1) is 6.10 Å². The van der Waals surface area contributed by atoms with Gasteiger partial charge >= 0.3 is 0 Å². The van der Waals surface area contributed by atoms with Crippen molar-refractivity contribution < 1.29 is 9.53 Å². The van der Waals surface area contributed by atoms with Gasteiger partial charge in [0.1, 0.15) is 0 Å². The Kier molecular flexibility index (Phi) is 8.51. The fraction of sp³-hybridized carbons (Fsp3) is 0.967. The van der Waals surface area contributed by atoms with E-state index >= 15 is 0 Å². The molecule has 1 aliphatic heterocycles. The molecule has 3 nitrogen and oxygen atoms in total. The van der Waals surface area contributed by atoms with Crippen LogP contribution >= 0.6 is 0 Å². The molecular weight excluding hydrogens is 406 g/mol. The minimum absolute atomic E-state index is 0.336. The summed E-state index contributed by atoms with van der Waals surface area (Å²) in [5.41, 5.74) is 0.725. The SMILES string of the molecule is CCCCCCCCCCCOC1CC[C@H]2[C@@H]3CC[C@H]4N(C)C(=O)CC[C@]4(C)[C@H]3CC[C@]12C. The molecule has 0 N–H and O–H groups in total. The molecule has 3 saturated carbocycles. The number of piperidine rings is 1. The van der Waals surface area contributed by atoms with Crippen molar-refractivity contribution in [1.82, 2.24) is 4.90 Å². The van der Waals surface area contributed by atoms with Crippen LogP contribution in [0.2, 0.25) is 0 Å². The molecule has 4 fully saturated rings. The number of ether oxygens (including phenoxy) is 1. The zero-order chi connectivity index (χ0) is 23.5. The highest BCUT2D eigenvalue weighted by Crippen LogP contribution is 2.65. The second-order valence-electron chi connectivity index (χ2n) is 12.8. The number of fused-ring (bicyclic) bond motifs is 5. The molecule has 33 heavy (non-hydrogen) atoms. The van der Waals surface area contributed by atoms with Crippen molar-refractivity contribution in [2.45, 2.75) is 142 Å². The minimum Gasteiger partial charge on any atom is -0.378 e. The second kappa shape index (κ2) is 11.0. The zero-order valence-corrected chi connectivity index (χ0v) is 22.4. The van der Waals surface area contributed by atoms with Crippen LogP contribution in [0.15, 0.2) is 0 Å². The summed E-state index contributed by atoms with van der Waals surface area (Å²) in [6.45, 7) is 8.38. The van der Waals surface area contributed by atoms with Crippen molar-refractivity contribution >= 4 is 5.91 Å². The summed E-state index contributed by atoms with van der Waals surface area (Å²) < 4.78 is 6.62. The van der Waals surface area contributed by atoms with Crippen LogP contribution in [-0.4, -0.2) is 36.6 Å². The van der Waals surface area contributed by atoms with Crippen LogP contribution in [0.25, 0.3) is 0 Å². The summed E-state index contributed by atoms with van der Waals surface area (Å²) in [6.07, 6.45) is 22.7. The predicted molar refractivity (Wildman–Crippen MR) is 137 cm³/mol. The summed E-state index contributed by atoms with van der Waals surface area (Å²) in [5.74, 6) is 2.88. The van der Waals surface area contributed by atoms with E-state index in [-0.39, 0.29) is 0 Å². The molecule has 0 aromatic rings. The fourth-order valence-electron chi connectivity index (χ4n) is 9.01. The number of hydrogen-bond donors (Lipinski definition) is 0. The Bertz CT molecular complexity index is 649. The number of hydrogen-bond acceptors (Lipinski definition) is 2. The number of carbonyl (C=O) groups is 1. The summed E-state index contributed by atoms with van der Waals surface area (Å²) in [5, 5.41) is 0. The van der Waals surface area contributed by atoms with Crippen molar-refractivity contribution in [3.05, 3.63) is 0 Å². The molecule has 0 aromatic heterocycles. The Hall–Kier alpha value is -0.570. The van der Waals surface area contributed by atoms with E-state index in [1.807, 2.05) is 0 Å². The molecule has 0 radical (unpaired) electrons. The normalized spacial score (nSPS) is 40.4. The fourth-order valence-corrected chi connectivity index (χ4v) is 9.01. The summed E-state index contributed by atoms with van der Waals surface area (Å²) in [6, 6.07) is 0.476. The molecule has 0 aromatic carbocycles. The quantitative estimate of drug-likeness (QED) is 0.295. The topological polar surface area (TPSA) is 29.5 Å². The zero-order valence-electron chi connectivity index (χ0n) is 22.4. The molecule has 7 atom stereocenters. The average Bonchev–Trinajstić information content (AvgIpc) is 3.14. The molecular formula is C30H53NO2. The lowest BCUT2D eigenvalue weighted by atomic mass is 9.47. The molecule has 1 heterocycles. The van der Waals surface area contributed by atoms with Gasteiger partial charge in [-0.05, 0) is 80.0 Å². The lowest BCUT2D eigenvalue weighted by molar-refractivity contribution is -0.161. The van der Waals surface area contributed by atoms with E-state index in [2.05, 4.69) is 32.7 Å². The first kappa shape index (κ1) is 25.5. The highest BCUT2D eigenvalue weighted by Gasteiger charge is 2.61. The van der Waals surface area contributed by atoms with Crippen molar-refractivity contribution in [2.24, 2.45) is 28.6 Å². The summed E-state index contributed by atoms with van der Waals surface area (Å²) in [7, 11) is 2.07. The van der Waals surface area contributed by atoms with E-state index in [4.69, 9.17) is 4.74 Å². The second-order valence-corrected chi connectivity index (χ2v) is 12.8. The average molecular weight is 460 g/mol. The van der Waals surface area contributed by atoms with E-state index in [1.165, 1.54) is 96.3 Å². The number of amides is 1. The van der Waals surface area contributed by atoms with Gasteiger partial charge in [-0.15, -0.1) is 0 Å². The number of unbranched alkanes of at least 4 members (excludes halogenated alkanes) is 8. The lowest BCUT2D eigenvalue weighted by Gasteiger charge is -2.61. The Morgan fingerprint density at radius 1 is 0.818 bits per heavy atom. The smallest absolute Gasteiger partial charge is 0.222 e. The van der Waals surface area contributed by atoms with Gasteiger partial charge in [0.15, 0.2) is 0 Å². The van der Waals surface area contributed by atoms with Crippen molar-refractivity contribution in [1.29, 1.82) is 0 Å². The van der Waals surface area contributed by atoms with Crippen LogP contribution in [0.5, 0.6) is 0 Å². The first-order valence-electron chi connectivity index (χ1n) is 14.8. The Labute approximate surface area is 204 Å². The molecule has 190 valence electrons. The molecule has 3 heteroatoms. The largest absolute Gasteiger partial charge is 0.378 e. The Morgan fingerprint density at radius 3 is 2.21 bits per heavy atom. The Balaban J connectivity index is 1.24. The molecule has 1 amide bonds. The third-order valence-electron chi connectivity index (χ3n) is 11.0. The van der Waals surface area contributed by atoms with Crippen LogP contribution in [0.3, 0.4) is 0 Å². The molecule has 1 saturated heterocycles. The molecule has 4 rings (SSSR count). The van der Waals surface area contributed by atoms with Crippen molar-refractivity contribution in [2.75, 3.05) is 13.7 Å². The van der Waals surface area contributed by atoms with Gasteiger partial charge in [-0.1, -0.05) is 72.1 Å². The van der Waals surface area contributed by atoms with Gasteiger partial charge in [0, 0.05) is 26.1 Å². The molecule has 0 bridgehead atoms. The molecule has 3 aliphatic carbocycles. The highest BCUT2D eigenvalue weighted by molar-refractivity contribution is 5.77. The van der Waals surface area contributed by atoms with Gasteiger partial charge in [0.25, 0.3) is 0 Å². The number of rotatable bonds is 11. The van der Waals surface area contributed by atoms with Gasteiger partial charge in [-0.2, -0.15) is 0 Å². The standard InChI is InChI=1S/C30H53NO2/c1-5-6-7-8-9-10-11-12-13-22-33-27-17-15-24-23-14-16-26-29(2,21-19-28(32)31(26)4)25(23)18-20-30(24,27)3/h23-27H,5-22H2,1-4H3/t23-,24-,25-,26+,27?,29+,30-/m0/s1. The van der Waals surface area contributed by atoms with Crippen molar-refractivity contribution in [3.8, 4) is 0 Å². The van der Waals surface area contributed by atoms with Gasteiger partial charge in [-0.3, -0.25) is 4.79 Å². The molecule has 1 unspecified atom stereocenters. The minimum atomic E-state index is 0.336. The Morgan fingerprint density at radius 2 is 1.48 bits per heavy atom. The van der Waals surface area contributed by atoms with Gasteiger partial charge < -0.3 is 9.64 Å². The van der Waals surface area contributed by atoms with Gasteiger partial charge in [-0.25, -0.2) is 0 Å². The maximum Gasteiger partial charge on any atom is 0.222 e. The lowest BCUT2D eigenvalue weighted by Crippen LogP contribution is -2.61. The van der Waals surface area contributed by atoms with E-state index in [0.717, 1.165) is 37.2 Å².